The average Bonchev–Trinajstić information content (AvgIpc) is 2.77. The van der Waals surface area contributed by atoms with Crippen molar-refractivity contribution in [1.82, 2.24) is 0 Å². The molecule has 2 aromatic rings. The molecule has 96 valence electrons. The number of anilines is 1. The molecule has 0 saturated carbocycles. The van der Waals surface area contributed by atoms with Crippen LogP contribution in [0.15, 0.2) is 34.1 Å². The molecule has 2 rings (SSSR count). The van der Waals surface area contributed by atoms with E-state index < -0.39 is 0 Å². The van der Waals surface area contributed by atoms with Crippen LogP contribution in [-0.2, 0) is 0 Å². The van der Waals surface area contributed by atoms with E-state index in [0.29, 0.717) is 11.6 Å². The first-order valence-corrected chi connectivity index (χ1v) is 7.68. The van der Waals surface area contributed by atoms with E-state index in [1.165, 1.54) is 0 Å². The maximum atomic E-state index is 6.05. The number of hydrogen-bond acceptors (Lipinski definition) is 3. The Morgan fingerprint density at radius 3 is 2.67 bits per heavy atom. The number of nitrogens with two attached hydrogens (primary N) is 1. The predicted molar refractivity (Wildman–Crippen MR) is 83.9 cm³/mol. The molecule has 3 N–H and O–H groups in total. The fourth-order valence-electron chi connectivity index (χ4n) is 1.54. The van der Waals surface area contributed by atoms with E-state index in [9.17, 15) is 0 Å². The van der Waals surface area contributed by atoms with Gasteiger partial charge in [-0.25, -0.2) is 0 Å². The topological polar surface area (TPSA) is 38.0 Å². The first-order chi connectivity index (χ1) is 8.60. The zero-order valence-electron chi connectivity index (χ0n) is 9.29. The standard InChI is InChI=1S/C12H11BrCl2N2S/c13-9-2-1-8(4-10(9)15)17-11(5-16)12-3-7(14)6-18-12/h1-4,6,11,17H,5,16H2. The minimum atomic E-state index is 0.0414. The van der Waals surface area contributed by atoms with Crippen LogP contribution in [0, 0.1) is 0 Å². The molecule has 0 bridgehead atoms. The highest BCUT2D eigenvalue weighted by atomic mass is 79.9. The summed E-state index contributed by atoms with van der Waals surface area (Å²) in [5.74, 6) is 0. The van der Waals surface area contributed by atoms with Gasteiger partial charge in [0.2, 0.25) is 0 Å². The highest BCUT2D eigenvalue weighted by molar-refractivity contribution is 9.10. The van der Waals surface area contributed by atoms with E-state index in [4.69, 9.17) is 28.9 Å². The summed E-state index contributed by atoms with van der Waals surface area (Å²) in [5, 5.41) is 6.65. The fourth-order valence-corrected chi connectivity index (χ4v) is 3.12. The third-order valence-electron chi connectivity index (χ3n) is 2.43. The molecule has 1 atom stereocenters. The second-order valence-electron chi connectivity index (χ2n) is 3.73. The summed E-state index contributed by atoms with van der Waals surface area (Å²) in [6.07, 6.45) is 0. The van der Waals surface area contributed by atoms with Gasteiger partial charge in [0, 0.05) is 27.0 Å². The van der Waals surface area contributed by atoms with Crippen LogP contribution in [0.2, 0.25) is 10.0 Å². The van der Waals surface area contributed by atoms with E-state index >= 15 is 0 Å². The predicted octanol–water partition coefficient (Wildman–Crippen LogP) is 4.93. The van der Waals surface area contributed by atoms with Crippen molar-refractivity contribution in [3.63, 3.8) is 0 Å². The minimum Gasteiger partial charge on any atom is -0.376 e. The van der Waals surface area contributed by atoms with Crippen molar-refractivity contribution < 1.29 is 0 Å². The van der Waals surface area contributed by atoms with Crippen molar-refractivity contribution in [3.8, 4) is 0 Å². The zero-order chi connectivity index (χ0) is 13.1. The molecule has 0 spiro atoms. The van der Waals surface area contributed by atoms with Crippen molar-refractivity contribution >= 4 is 56.2 Å². The molecule has 1 aromatic heterocycles. The molecular weight excluding hydrogens is 355 g/mol. The van der Waals surface area contributed by atoms with Gasteiger partial charge < -0.3 is 11.1 Å². The van der Waals surface area contributed by atoms with E-state index in [2.05, 4.69) is 21.2 Å². The van der Waals surface area contributed by atoms with Gasteiger partial charge in [-0.05, 0) is 40.2 Å². The molecule has 1 unspecified atom stereocenters. The van der Waals surface area contributed by atoms with Gasteiger partial charge in [0.1, 0.15) is 0 Å². The number of hydrogen-bond donors (Lipinski definition) is 2. The molecule has 18 heavy (non-hydrogen) atoms. The Morgan fingerprint density at radius 2 is 2.11 bits per heavy atom. The molecule has 1 aromatic carbocycles. The summed E-state index contributed by atoms with van der Waals surface area (Å²) >= 11 is 16.9. The van der Waals surface area contributed by atoms with Crippen LogP contribution >= 0.6 is 50.5 Å². The lowest BCUT2D eigenvalue weighted by atomic mass is 10.2. The second kappa shape index (κ2) is 6.26. The Hall–Kier alpha value is -0.260. The van der Waals surface area contributed by atoms with Gasteiger partial charge in [0.05, 0.1) is 16.1 Å². The van der Waals surface area contributed by atoms with Gasteiger partial charge in [-0.15, -0.1) is 11.3 Å². The SMILES string of the molecule is NCC(Nc1ccc(Br)c(Cl)c1)c1cc(Cl)cs1. The fraction of sp³-hybridized carbons (Fsp3) is 0.167. The summed E-state index contributed by atoms with van der Waals surface area (Å²) < 4.78 is 0.873. The van der Waals surface area contributed by atoms with Crippen LogP contribution < -0.4 is 11.1 Å². The highest BCUT2D eigenvalue weighted by Gasteiger charge is 2.12. The second-order valence-corrected chi connectivity index (χ2v) is 6.37. The molecule has 0 saturated heterocycles. The Kier molecular flexibility index (Phi) is 4.92. The number of halogens is 3. The summed E-state index contributed by atoms with van der Waals surface area (Å²) in [6.45, 7) is 0.491. The summed E-state index contributed by atoms with van der Waals surface area (Å²) in [5.41, 5.74) is 6.72. The van der Waals surface area contributed by atoms with Crippen LogP contribution in [0.1, 0.15) is 10.9 Å². The van der Waals surface area contributed by atoms with Crippen molar-refractivity contribution in [2.24, 2.45) is 5.73 Å². The molecule has 0 aliphatic carbocycles. The monoisotopic (exact) mass is 364 g/mol. The van der Waals surface area contributed by atoms with E-state index in [1.807, 2.05) is 29.6 Å². The Bertz CT molecular complexity index is 545. The summed E-state index contributed by atoms with van der Waals surface area (Å²) in [6, 6.07) is 7.69. The lowest BCUT2D eigenvalue weighted by Crippen LogP contribution is -2.19. The molecule has 6 heteroatoms. The Balaban J connectivity index is 2.17. The minimum absolute atomic E-state index is 0.0414. The molecule has 0 aliphatic heterocycles. The Labute approximate surface area is 128 Å². The van der Waals surface area contributed by atoms with Gasteiger partial charge in [-0.2, -0.15) is 0 Å². The van der Waals surface area contributed by atoms with E-state index in [0.717, 1.165) is 20.1 Å². The van der Waals surface area contributed by atoms with Crippen molar-refractivity contribution in [2.75, 3.05) is 11.9 Å². The van der Waals surface area contributed by atoms with Crippen molar-refractivity contribution in [3.05, 3.63) is 49.0 Å². The summed E-state index contributed by atoms with van der Waals surface area (Å²) in [4.78, 5) is 1.11. The third kappa shape index (κ3) is 3.39. The molecular formula is C12H11BrCl2N2S. The van der Waals surface area contributed by atoms with Crippen LogP contribution in [0.3, 0.4) is 0 Å². The quantitative estimate of drug-likeness (QED) is 0.806. The van der Waals surface area contributed by atoms with Crippen LogP contribution in [0.25, 0.3) is 0 Å². The largest absolute Gasteiger partial charge is 0.376 e. The third-order valence-corrected chi connectivity index (χ3v) is 5.05. The maximum Gasteiger partial charge on any atom is 0.0729 e. The number of thiophene rings is 1. The molecule has 0 radical (unpaired) electrons. The number of rotatable bonds is 4. The first kappa shape index (κ1) is 14.2. The van der Waals surface area contributed by atoms with Crippen LogP contribution in [0.4, 0.5) is 5.69 Å². The van der Waals surface area contributed by atoms with Gasteiger partial charge in [-0.3, -0.25) is 0 Å². The molecule has 0 amide bonds. The molecule has 1 heterocycles. The average molecular weight is 366 g/mol. The van der Waals surface area contributed by atoms with Crippen LogP contribution in [-0.4, -0.2) is 6.54 Å². The van der Waals surface area contributed by atoms with Gasteiger partial charge in [0.15, 0.2) is 0 Å². The van der Waals surface area contributed by atoms with Crippen molar-refractivity contribution in [2.45, 2.75) is 6.04 Å². The maximum absolute atomic E-state index is 6.05. The highest BCUT2D eigenvalue weighted by Crippen LogP contribution is 2.30. The zero-order valence-corrected chi connectivity index (χ0v) is 13.2. The first-order valence-electron chi connectivity index (χ1n) is 5.25. The molecule has 2 nitrogen and oxygen atoms in total. The van der Waals surface area contributed by atoms with E-state index in [1.54, 1.807) is 11.3 Å². The normalized spacial score (nSPS) is 12.4. The lowest BCUT2D eigenvalue weighted by Gasteiger charge is -2.17. The van der Waals surface area contributed by atoms with E-state index in [-0.39, 0.29) is 6.04 Å². The number of benzene rings is 1. The Morgan fingerprint density at radius 1 is 1.33 bits per heavy atom. The van der Waals surface area contributed by atoms with Crippen molar-refractivity contribution in [1.29, 1.82) is 0 Å². The molecule has 0 aliphatic rings. The smallest absolute Gasteiger partial charge is 0.0729 e. The summed E-state index contributed by atoms with van der Waals surface area (Å²) in [7, 11) is 0. The van der Waals surface area contributed by atoms with Gasteiger partial charge in [-0.1, -0.05) is 23.2 Å². The van der Waals surface area contributed by atoms with Gasteiger partial charge >= 0.3 is 0 Å². The van der Waals surface area contributed by atoms with Gasteiger partial charge in [0.25, 0.3) is 0 Å². The molecule has 0 fully saturated rings. The van der Waals surface area contributed by atoms with Crippen LogP contribution in [0.5, 0.6) is 0 Å². The number of nitrogens with one attached hydrogen (secondary N) is 1. The lowest BCUT2D eigenvalue weighted by molar-refractivity contribution is 0.806.